The molecule has 80 heavy (non-hydrogen) atoms. The van der Waals surface area contributed by atoms with E-state index in [0.717, 1.165) is 38.5 Å². The highest BCUT2D eigenvalue weighted by molar-refractivity contribution is 5.76. The van der Waals surface area contributed by atoms with Crippen molar-refractivity contribution in [3.05, 3.63) is 0 Å². The second-order valence-electron chi connectivity index (χ2n) is 26.0. The molecule has 0 saturated carbocycles. The van der Waals surface area contributed by atoms with Crippen LogP contribution in [-0.2, 0) is 14.3 Å². The number of aliphatic hydroxyl groups excluding tert-OH is 2. The fourth-order valence-electron chi connectivity index (χ4n) is 12.2. The van der Waals surface area contributed by atoms with E-state index in [-0.39, 0.29) is 18.5 Å². The Labute approximate surface area is 502 Å². The predicted molar refractivity (Wildman–Crippen MR) is 352 cm³/mol. The SMILES string of the molecule is CCCCCCCCCCCCCCCCCC(O)C(CO)NC(=O)CCCCCCCCCCCCCCCCCCCCCCCCCCCCCCCCCCCCCCCOC(=O)CCCCCCCCCCCCC. The summed E-state index contributed by atoms with van der Waals surface area (Å²) in [6.07, 6.45) is 86.2. The van der Waals surface area contributed by atoms with Crippen LogP contribution >= 0.6 is 0 Å². The van der Waals surface area contributed by atoms with Crippen LogP contribution in [0.5, 0.6) is 0 Å². The van der Waals surface area contributed by atoms with E-state index in [2.05, 4.69) is 19.2 Å². The molecule has 0 spiro atoms. The standard InChI is InChI=1S/C74H147NO5/c1-3-5-7-9-11-13-15-16-40-43-47-50-54-58-62-66-72(77)71(70-76)75-73(78)67-63-59-55-51-48-44-41-38-36-34-32-30-28-26-24-22-20-18-17-19-21-23-25-27-29-31-33-35-37-39-42-45-49-53-57-61-65-69-80-74(79)68-64-60-56-52-46-14-12-10-8-6-4-2/h71-72,76-77H,3-70H2,1-2H3,(H,75,78). The highest BCUT2D eigenvalue weighted by Crippen LogP contribution is 2.20. The molecule has 478 valence electrons. The Morgan fingerprint density at radius 3 is 0.762 bits per heavy atom. The summed E-state index contributed by atoms with van der Waals surface area (Å²) < 4.78 is 5.48. The van der Waals surface area contributed by atoms with Gasteiger partial charge in [-0.05, 0) is 25.7 Å². The fourth-order valence-corrected chi connectivity index (χ4v) is 12.2. The number of nitrogens with one attached hydrogen (secondary N) is 1. The Morgan fingerprint density at radius 1 is 0.300 bits per heavy atom. The largest absolute Gasteiger partial charge is 0.466 e. The molecule has 2 unspecified atom stereocenters. The maximum atomic E-state index is 12.5. The van der Waals surface area contributed by atoms with E-state index in [4.69, 9.17) is 4.74 Å². The number of esters is 1. The highest BCUT2D eigenvalue weighted by atomic mass is 16.5. The molecule has 6 nitrogen and oxygen atoms in total. The second-order valence-corrected chi connectivity index (χ2v) is 26.0. The van der Waals surface area contributed by atoms with Gasteiger partial charge in [-0.1, -0.05) is 399 Å². The number of ether oxygens (including phenoxy) is 1. The number of unbranched alkanes of at least 4 members (excludes halogenated alkanes) is 60. The van der Waals surface area contributed by atoms with Crippen molar-refractivity contribution in [2.75, 3.05) is 13.2 Å². The summed E-state index contributed by atoms with van der Waals surface area (Å²) in [6, 6.07) is -0.535. The first-order chi connectivity index (χ1) is 39.5. The van der Waals surface area contributed by atoms with Crippen molar-refractivity contribution in [1.29, 1.82) is 0 Å². The van der Waals surface area contributed by atoms with Gasteiger partial charge in [-0.3, -0.25) is 9.59 Å². The molecule has 0 aliphatic carbocycles. The molecule has 2 atom stereocenters. The van der Waals surface area contributed by atoms with E-state index in [1.807, 2.05) is 0 Å². The molecule has 0 aromatic carbocycles. The highest BCUT2D eigenvalue weighted by Gasteiger charge is 2.20. The molecule has 1 amide bonds. The van der Waals surface area contributed by atoms with Crippen LogP contribution in [0.15, 0.2) is 0 Å². The fraction of sp³-hybridized carbons (Fsp3) is 0.973. The zero-order valence-corrected chi connectivity index (χ0v) is 54.9. The number of carbonyl (C=O) groups excluding carboxylic acids is 2. The minimum Gasteiger partial charge on any atom is -0.466 e. The smallest absolute Gasteiger partial charge is 0.305 e. The minimum absolute atomic E-state index is 0.0241. The molecule has 0 rings (SSSR count). The summed E-state index contributed by atoms with van der Waals surface area (Å²) in [6.45, 7) is 5.00. The van der Waals surface area contributed by atoms with E-state index < -0.39 is 12.1 Å². The van der Waals surface area contributed by atoms with E-state index in [9.17, 15) is 19.8 Å². The molecule has 0 fully saturated rings. The van der Waals surface area contributed by atoms with Crippen molar-refractivity contribution < 1.29 is 24.5 Å². The van der Waals surface area contributed by atoms with Gasteiger partial charge in [0.1, 0.15) is 0 Å². The zero-order chi connectivity index (χ0) is 57.8. The van der Waals surface area contributed by atoms with Gasteiger partial charge < -0.3 is 20.3 Å². The van der Waals surface area contributed by atoms with Gasteiger partial charge in [0.15, 0.2) is 0 Å². The Hall–Kier alpha value is -1.14. The number of hydrogen-bond acceptors (Lipinski definition) is 5. The number of rotatable bonds is 71. The summed E-state index contributed by atoms with van der Waals surface area (Å²) in [7, 11) is 0. The van der Waals surface area contributed by atoms with Gasteiger partial charge in [0.25, 0.3) is 0 Å². The lowest BCUT2D eigenvalue weighted by Crippen LogP contribution is -2.45. The quantitative estimate of drug-likeness (QED) is 0.0417. The van der Waals surface area contributed by atoms with Crippen molar-refractivity contribution >= 4 is 11.9 Å². The Balaban J connectivity index is 3.28. The van der Waals surface area contributed by atoms with Gasteiger partial charge >= 0.3 is 5.97 Å². The number of carbonyl (C=O) groups is 2. The average Bonchev–Trinajstić information content (AvgIpc) is 3.46. The van der Waals surface area contributed by atoms with Gasteiger partial charge in [-0.25, -0.2) is 0 Å². The van der Waals surface area contributed by atoms with Gasteiger partial charge in [0.05, 0.1) is 25.4 Å². The van der Waals surface area contributed by atoms with Crippen molar-refractivity contribution in [2.24, 2.45) is 0 Å². The predicted octanol–water partition coefficient (Wildman–Crippen LogP) is 24.2. The molecular formula is C74H147NO5. The van der Waals surface area contributed by atoms with Crippen LogP contribution in [0.25, 0.3) is 0 Å². The molecule has 0 bridgehead atoms. The lowest BCUT2D eigenvalue weighted by molar-refractivity contribution is -0.143. The number of amides is 1. The molecule has 0 aromatic rings. The molecule has 0 saturated heterocycles. The summed E-state index contributed by atoms with van der Waals surface area (Å²) in [5, 5.41) is 23.3. The molecule has 0 heterocycles. The van der Waals surface area contributed by atoms with Crippen LogP contribution in [0.2, 0.25) is 0 Å². The van der Waals surface area contributed by atoms with Crippen LogP contribution in [0.4, 0.5) is 0 Å². The second kappa shape index (κ2) is 70.3. The van der Waals surface area contributed by atoms with Crippen LogP contribution in [-0.4, -0.2) is 47.4 Å². The summed E-state index contributed by atoms with van der Waals surface area (Å²) in [5.41, 5.74) is 0. The first-order valence-corrected chi connectivity index (χ1v) is 37.3. The van der Waals surface area contributed by atoms with Crippen LogP contribution < -0.4 is 5.32 Å². The summed E-state index contributed by atoms with van der Waals surface area (Å²) in [4.78, 5) is 24.5. The topological polar surface area (TPSA) is 95.9 Å². The Bertz CT molecular complexity index is 1160. The van der Waals surface area contributed by atoms with Gasteiger partial charge in [-0.2, -0.15) is 0 Å². The Morgan fingerprint density at radius 2 is 0.512 bits per heavy atom. The molecule has 6 heteroatoms. The third-order valence-electron chi connectivity index (χ3n) is 17.9. The van der Waals surface area contributed by atoms with Crippen molar-refractivity contribution in [1.82, 2.24) is 5.32 Å². The van der Waals surface area contributed by atoms with Crippen LogP contribution in [0, 0.1) is 0 Å². The summed E-state index contributed by atoms with van der Waals surface area (Å²) >= 11 is 0. The minimum atomic E-state index is -0.659. The van der Waals surface area contributed by atoms with Crippen molar-refractivity contribution in [3.8, 4) is 0 Å². The zero-order valence-electron chi connectivity index (χ0n) is 54.9. The number of hydrogen-bond donors (Lipinski definition) is 3. The summed E-state index contributed by atoms with van der Waals surface area (Å²) in [5.74, 6) is -0.00112. The van der Waals surface area contributed by atoms with Crippen molar-refractivity contribution in [3.63, 3.8) is 0 Å². The lowest BCUT2D eigenvalue weighted by atomic mass is 10.0. The van der Waals surface area contributed by atoms with E-state index in [1.54, 1.807) is 0 Å². The van der Waals surface area contributed by atoms with Gasteiger partial charge in [-0.15, -0.1) is 0 Å². The van der Waals surface area contributed by atoms with Gasteiger partial charge in [0.2, 0.25) is 5.91 Å². The average molecular weight is 1130 g/mol. The Kier molecular flexibility index (Phi) is 69.3. The monoisotopic (exact) mass is 1130 g/mol. The van der Waals surface area contributed by atoms with Crippen LogP contribution in [0.3, 0.4) is 0 Å². The molecular weight excluding hydrogens is 983 g/mol. The molecule has 0 aromatic heterocycles. The third kappa shape index (κ3) is 66.0. The van der Waals surface area contributed by atoms with E-state index >= 15 is 0 Å². The van der Waals surface area contributed by atoms with E-state index in [0.29, 0.717) is 25.9 Å². The molecule has 0 radical (unpaired) electrons. The normalized spacial score (nSPS) is 12.4. The molecule has 3 N–H and O–H groups in total. The van der Waals surface area contributed by atoms with Crippen LogP contribution in [0.1, 0.15) is 438 Å². The number of aliphatic hydroxyl groups is 2. The third-order valence-corrected chi connectivity index (χ3v) is 17.9. The molecule has 0 aliphatic heterocycles. The first-order valence-electron chi connectivity index (χ1n) is 37.3. The maximum absolute atomic E-state index is 12.5. The lowest BCUT2D eigenvalue weighted by Gasteiger charge is -2.22. The van der Waals surface area contributed by atoms with Crippen molar-refractivity contribution in [2.45, 2.75) is 450 Å². The first kappa shape index (κ1) is 78.9. The molecule has 0 aliphatic rings. The maximum Gasteiger partial charge on any atom is 0.305 e. The van der Waals surface area contributed by atoms with Gasteiger partial charge in [0, 0.05) is 12.8 Å². The van der Waals surface area contributed by atoms with E-state index in [1.165, 1.54) is 366 Å².